The van der Waals surface area contributed by atoms with Crippen LogP contribution in [0.15, 0.2) is 30.3 Å². The predicted molar refractivity (Wildman–Crippen MR) is 57.5 cm³/mol. The van der Waals surface area contributed by atoms with Gasteiger partial charge in [-0.15, -0.1) is 0 Å². The number of hydrogen-bond donors (Lipinski definition) is 2. The number of primary sulfonamides is 1. The Morgan fingerprint density at radius 2 is 1.88 bits per heavy atom. The van der Waals surface area contributed by atoms with E-state index in [-0.39, 0.29) is 16.0 Å². The highest BCUT2D eigenvalue weighted by molar-refractivity contribution is 7.98. The van der Waals surface area contributed by atoms with Crippen LogP contribution >= 0.6 is 0 Å². The molecule has 0 aliphatic heterocycles. The average Bonchev–Trinajstić information content (AvgIpc) is 2.22. The van der Waals surface area contributed by atoms with Crippen molar-refractivity contribution in [1.82, 2.24) is 0 Å². The molecule has 1 aliphatic rings. The van der Waals surface area contributed by atoms with E-state index in [9.17, 15) is 18.3 Å². The molecule has 2 rings (SSSR count). The summed E-state index contributed by atoms with van der Waals surface area (Å²) in [4.78, 5) is 11.1. The molecule has 0 bridgehead atoms. The van der Waals surface area contributed by atoms with E-state index in [1.54, 1.807) is 12.1 Å². The van der Waals surface area contributed by atoms with Crippen molar-refractivity contribution in [2.75, 3.05) is 0 Å². The van der Waals surface area contributed by atoms with Crippen LogP contribution in [0.3, 0.4) is 0 Å². The summed E-state index contributed by atoms with van der Waals surface area (Å²) in [6.45, 7) is 0. The second-order valence-corrected chi connectivity index (χ2v) is 4.98. The van der Waals surface area contributed by atoms with Crippen LogP contribution in [0.4, 0.5) is 0 Å². The molecule has 1 aromatic carbocycles. The van der Waals surface area contributed by atoms with Crippen molar-refractivity contribution < 1.29 is 18.3 Å². The number of carbonyl (C=O) groups excluding carboxylic acids is 1. The Kier molecular flexibility index (Phi) is 2.42. The van der Waals surface area contributed by atoms with Crippen molar-refractivity contribution in [2.24, 2.45) is 5.14 Å². The Balaban J connectivity index is 2.74. The molecule has 1 aliphatic carbocycles. The fourth-order valence-corrected chi connectivity index (χ4v) is 2.41. The highest BCUT2D eigenvalue weighted by atomic mass is 32.2. The summed E-state index contributed by atoms with van der Waals surface area (Å²) in [5.74, 6) is -0.678. The summed E-state index contributed by atoms with van der Waals surface area (Å²) in [6.07, 6.45) is -0.454. The van der Waals surface area contributed by atoms with E-state index in [4.69, 9.17) is 5.14 Å². The number of nitrogens with two attached hydrogens (primary N) is 1. The van der Waals surface area contributed by atoms with Gasteiger partial charge in [0.1, 0.15) is 6.10 Å². The predicted octanol–water partition coefficient (Wildman–Crippen LogP) is -0.0679. The summed E-state index contributed by atoms with van der Waals surface area (Å²) in [7, 11) is -3.97. The molecule has 0 saturated carbocycles. The lowest BCUT2D eigenvalue weighted by Gasteiger charge is -2.19. The fraction of sp³-hybridized carbons (Fsp3) is 0.100. The van der Waals surface area contributed by atoms with Gasteiger partial charge in [0.2, 0.25) is 10.0 Å². The standard InChI is InChI=1S/C10H9NO4S/c11-16(14,15)9-5-8(12)10(13)7-4-2-1-3-6(7)9/h1-5,10,13H,(H2,11,14,15). The van der Waals surface area contributed by atoms with Crippen molar-refractivity contribution in [1.29, 1.82) is 0 Å². The van der Waals surface area contributed by atoms with Gasteiger partial charge in [-0.25, -0.2) is 13.6 Å². The summed E-state index contributed by atoms with van der Waals surface area (Å²) in [5, 5.41) is 14.6. The lowest BCUT2D eigenvalue weighted by atomic mass is 9.94. The number of aliphatic hydroxyl groups excluding tert-OH is 1. The minimum Gasteiger partial charge on any atom is -0.380 e. The quantitative estimate of drug-likeness (QED) is 0.716. The lowest BCUT2D eigenvalue weighted by Crippen LogP contribution is -2.23. The number of benzene rings is 1. The second kappa shape index (κ2) is 3.51. The molecule has 0 amide bonds. The van der Waals surface area contributed by atoms with Gasteiger partial charge in [-0.2, -0.15) is 0 Å². The first-order valence-electron chi connectivity index (χ1n) is 4.47. The normalized spacial score (nSPS) is 20.2. The molecule has 0 heterocycles. The minimum absolute atomic E-state index is 0.251. The molecule has 1 unspecified atom stereocenters. The molecule has 1 atom stereocenters. The van der Waals surface area contributed by atoms with Crippen LogP contribution in [-0.2, 0) is 14.8 Å². The van der Waals surface area contributed by atoms with Gasteiger partial charge < -0.3 is 5.11 Å². The largest absolute Gasteiger partial charge is 0.380 e. The SMILES string of the molecule is NS(=O)(=O)C1=CC(=O)C(O)c2ccccc21. The number of sulfonamides is 1. The first kappa shape index (κ1) is 11.0. The smallest absolute Gasteiger partial charge is 0.238 e. The van der Waals surface area contributed by atoms with E-state index in [2.05, 4.69) is 0 Å². The van der Waals surface area contributed by atoms with E-state index < -0.39 is 21.9 Å². The number of rotatable bonds is 1. The monoisotopic (exact) mass is 239 g/mol. The first-order valence-corrected chi connectivity index (χ1v) is 6.01. The van der Waals surface area contributed by atoms with Crippen molar-refractivity contribution >= 4 is 20.7 Å². The Morgan fingerprint density at radius 3 is 2.50 bits per heavy atom. The van der Waals surface area contributed by atoms with Crippen LogP contribution < -0.4 is 5.14 Å². The molecule has 3 N–H and O–H groups in total. The number of carbonyl (C=O) groups is 1. The maximum atomic E-state index is 11.4. The second-order valence-electron chi connectivity index (χ2n) is 3.45. The van der Waals surface area contributed by atoms with Crippen LogP contribution in [0.25, 0.3) is 4.91 Å². The summed E-state index contributed by atoms with van der Waals surface area (Å²) in [5.41, 5.74) is 0.538. The molecule has 0 fully saturated rings. The van der Waals surface area contributed by atoms with Crippen molar-refractivity contribution in [2.45, 2.75) is 6.10 Å². The minimum atomic E-state index is -3.97. The van der Waals surface area contributed by atoms with Crippen LogP contribution in [0.5, 0.6) is 0 Å². The Labute approximate surface area is 92.3 Å². The number of hydrogen-bond acceptors (Lipinski definition) is 4. The van der Waals surface area contributed by atoms with Gasteiger partial charge in [0.15, 0.2) is 5.78 Å². The van der Waals surface area contributed by atoms with Crippen LogP contribution in [-0.4, -0.2) is 19.3 Å². The third-order valence-corrected chi connectivity index (χ3v) is 3.32. The van der Waals surface area contributed by atoms with Gasteiger partial charge in [0.05, 0.1) is 4.91 Å². The number of ketones is 1. The van der Waals surface area contributed by atoms with Gasteiger partial charge in [-0.3, -0.25) is 4.79 Å². The Hall–Kier alpha value is -1.50. The Bertz CT molecular complexity index is 589. The molecule has 16 heavy (non-hydrogen) atoms. The molecule has 1 aromatic rings. The molecular formula is C10H9NO4S. The molecular weight excluding hydrogens is 230 g/mol. The van der Waals surface area contributed by atoms with Crippen LogP contribution in [0, 0.1) is 0 Å². The molecule has 0 saturated heterocycles. The van der Waals surface area contributed by atoms with E-state index >= 15 is 0 Å². The van der Waals surface area contributed by atoms with Crippen molar-refractivity contribution in [3.8, 4) is 0 Å². The molecule has 0 radical (unpaired) electrons. The zero-order valence-corrected chi connectivity index (χ0v) is 8.94. The van der Waals surface area contributed by atoms with Crippen LogP contribution in [0.1, 0.15) is 17.2 Å². The Morgan fingerprint density at radius 1 is 1.25 bits per heavy atom. The third-order valence-electron chi connectivity index (χ3n) is 2.37. The van der Waals surface area contributed by atoms with Gasteiger partial charge in [-0.1, -0.05) is 24.3 Å². The molecule has 5 nitrogen and oxygen atoms in total. The fourth-order valence-electron chi connectivity index (χ4n) is 1.63. The van der Waals surface area contributed by atoms with Gasteiger partial charge in [-0.05, 0) is 5.56 Å². The number of aliphatic hydroxyl groups is 1. The molecule has 84 valence electrons. The van der Waals surface area contributed by atoms with Crippen molar-refractivity contribution in [3.63, 3.8) is 0 Å². The average molecular weight is 239 g/mol. The maximum Gasteiger partial charge on any atom is 0.238 e. The van der Waals surface area contributed by atoms with E-state index in [1.165, 1.54) is 12.1 Å². The zero-order chi connectivity index (χ0) is 11.9. The maximum absolute atomic E-state index is 11.4. The van der Waals surface area contributed by atoms with E-state index in [1.807, 2.05) is 0 Å². The lowest BCUT2D eigenvalue weighted by molar-refractivity contribution is -0.122. The zero-order valence-electron chi connectivity index (χ0n) is 8.12. The van der Waals surface area contributed by atoms with E-state index in [0.717, 1.165) is 6.08 Å². The first-order chi connectivity index (χ1) is 7.41. The summed E-state index contributed by atoms with van der Waals surface area (Å²) < 4.78 is 22.6. The van der Waals surface area contributed by atoms with Gasteiger partial charge in [0.25, 0.3) is 0 Å². The third kappa shape index (κ3) is 1.67. The molecule has 6 heteroatoms. The van der Waals surface area contributed by atoms with E-state index in [0.29, 0.717) is 0 Å². The highest BCUT2D eigenvalue weighted by Crippen LogP contribution is 2.32. The van der Waals surface area contributed by atoms with Crippen molar-refractivity contribution in [3.05, 3.63) is 41.5 Å². The highest BCUT2D eigenvalue weighted by Gasteiger charge is 2.30. The van der Waals surface area contributed by atoms with Gasteiger partial charge in [0, 0.05) is 11.6 Å². The topological polar surface area (TPSA) is 97.5 Å². The number of fused-ring (bicyclic) bond motifs is 1. The molecule has 0 spiro atoms. The summed E-state index contributed by atoms with van der Waals surface area (Å²) in [6, 6.07) is 6.22. The summed E-state index contributed by atoms with van der Waals surface area (Å²) >= 11 is 0. The van der Waals surface area contributed by atoms with Gasteiger partial charge >= 0.3 is 0 Å². The van der Waals surface area contributed by atoms with Crippen LogP contribution in [0.2, 0.25) is 0 Å². The molecule has 0 aromatic heterocycles.